The summed E-state index contributed by atoms with van der Waals surface area (Å²) in [5.41, 5.74) is 0.762. The molecule has 0 saturated heterocycles. The van der Waals surface area contributed by atoms with Gasteiger partial charge in [-0.25, -0.2) is 14.2 Å². The zero-order valence-electron chi connectivity index (χ0n) is 11.3. The van der Waals surface area contributed by atoms with Crippen LogP contribution in [0.25, 0.3) is 0 Å². The number of carbonyl (C=O) groups is 1. The molecule has 2 rings (SSSR count). The molecule has 1 aromatic carbocycles. The molecule has 0 amide bonds. The van der Waals surface area contributed by atoms with Crippen LogP contribution in [0.1, 0.15) is 29.4 Å². The Morgan fingerprint density at radius 1 is 1.38 bits per heavy atom. The van der Waals surface area contributed by atoms with E-state index in [-0.39, 0.29) is 15.9 Å². The van der Waals surface area contributed by atoms with Crippen molar-refractivity contribution < 1.29 is 19.0 Å². The van der Waals surface area contributed by atoms with E-state index in [1.54, 1.807) is 0 Å². The van der Waals surface area contributed by atoms with Crippen LogP contribution in [0.5, 0.6) is 11.6 Å². The summed E-state index contributed by atoms with van der Waals surface area (Å²) < 4.78 is 19.0. The van der Waals surface area contributed by atoms with Crippen LogP contribution in [-0.2, 0) is 6.42 Å². The van der Waals surface area contributed by atoms with Gasteiger partial charge in [0.1, 0.15) is 11.6 Å². The number of nitrogens with zero attached hydrogens (tertiary/aromatic N) is 1. The summed E-state index contributed by atoms with van der Waals surface area (Å²) in [6.07, 6.45) is 1.50. The Morgan fingerprint density at radius 2 is 2.14 bits per heavy atom. The van der Waals surface area contributed by atoms with Crippen molar-refractivity contribution in [1.82, 2.24) is 4.98 Å². The number of halogens is 2. The minimum absolute atomic E-state index is 0.115. The smallest absolute Gasteiger partial charge is 0.335 e. The standard InChI is InChI=1S/C15H13BrFNO3/c1-2-3-10-6-9(15(19)20)7-14(18-10)21-11-4-5-13(17)12(16)8-11/h4-8H,2-3H2,1H3,(H,19,20). The minimum atomic E-state index is -1.04. The predicted octanol–water partition coefficient (Wildman–Crippen LogP) is 4.43. The van der Waals surface area contributed by atoms with E-state index in [9.17, 15) is 9.18 Å². The summed E-state index contributed by atoms with van der Waals surface area (Å²) in [4.78, 5) is 15.4. The Balaban J connectivity index is 2.33. The number of pyridine rings is 1. The summed E-state index contributed by atoms with van der Waals surface area (Å²) in [6.45, 7) is 1.98. The van der Waals surface area contributed by atoms with Gasteiger partial charge in [0.2, 0.25) is 5.88 Å². The van der Waals surface area contributed by atoms with E-state index in [0.717, 1.165) is 6.42 Å². The zero-order chi connectivity index (χ0) is 15.4. The fraction of sp³-hybridized carbons (Fsp3) is 0.200. The molecule has 2 aromatic rings. The summed E-state index contributed by atoms with van der Waals surface area (Å²) in [5, 5.41) is 9.11. The highest BCUT2D eigenvalue weighted by atomic mass is 79.9. The van der Waals surface area contributed by atoms with Gasteiger partial charge in [-0.3, -0.25) is 0 Å². The van der Waals surface area contributed by atoms with Crippen molar-refractivity contribution in [3.05, 3.63) is 51.9 Å². The maximum atomic E-state index is 13.2. The topological polar surface area (TPSA) is 59.4 Å². The van der Waals surface area contributed by atoms with Gasteiger partial charge in [0.25, 0.3) is 0 Å². The SMILES string of the molecule is CCCc1cc(C(=O)O)cc(Oc2ccc(F)c(Br)c2)n1. The van der Waals surface area contributed by atoms with Crippen LogP contribution < -0.4 is 4.74 Å². The lowest BCUT2D eigenvalue weighted by Crippen LogP contribution is -2.02. The van der Waals surface area contributed by atoms with Crippen LogP contribution in [0.2, 0.25) is 0 Å². The molecular weight excluding hydrogens is 341 g/mol. The van der Waals surface area contributed by atoms with Gasteiger partial charge in [-0.15, -0.1) is 0 Å². The molecule has 0 spiro atoms. The number of aromatic nitrogens is 1. The second-order valence-electron chi connectivity index (χ2n) is 4.42. The van der Waals surface area contributed by atoms with Crippen LogP contribution in [0.3, 0.4) is 0 Å². The highest BCUT2D eigenvalue weighted by Crippen LogP contribution is 2.26. The first kappa shape index (κ1) is 15.4. The van der Waals surface area contributed by atoms with Crippen LogP contribution in [0, 0.1) is 5.82 Å². The van der Waals surface area contributed by atoms with Crippen LogP contribution in [-0.4, -0.2) is 16.1 Å². The summed E-state index contributed by atoms with van der Waals surface area (Å²) in [6, 6.07) is 7.05. The van der Waals surface area contributed by atoms with E-state index in [0.29, 0.717) is 17.9 Å². The molecule has 0 bridgehead atoms. The van der Waals surface area contributed by atoms with Crippen LogP contribution >= 0.6 is 15.9 Å². The predicted molar refractivity (Wildman–Crippen MR) is 79.4 cm³/mol. The monoisotopic (exact) mass is 353 g/mol. The van der Waals surface area contributed by atoms with Gasteiger partial charge in [-0.05, 0) is 46.6 Å². The Kier molecular flexibility index (Phi) is 4.90. The summed E-state index contributed by atoms with van der Waals surface area (Å²) in [5.74, 6) is -0.890. The van der Waals surface area contributed by atoms with Crippen molar-refractivity contribution in [2.24, 2.45) is 0 Å². The van der Waals surface area contributed by atoms with Crippen molar-refractivity contribution in [3.8, 4) is 11.6 Å². The molecule has 0 unspecified atom stereocenters. The normalized spacial score (nSPS) is 10.4. The number of aryl methyl sites for hydroxylation is 1. The van der Waals surface area contributed by atoms with E-state index >= 15 is 0 Å². The lowest BCUT2D eigenvalue weighted by molar-refractivity contribution is 0.0696. The van der Waals surface area contributed by atoms with Gasteiger partial charge in [0.05, 0.1) is 10.0 Å². The quantitative estimate of drug-likeness (QED) is 0.863. The number of rotatable bonds is 5. The Hall–Kier alpha value is -1.95. The average molecular weight is 354 g/mol. The molecule has 0 saturated carbocycles. The van der Waals surface area contributed by atoms with E-state index in [1.165, 1.54) is 30.3 Å². The number of ether oxygens (including phenoxy) is 1. The molecule has 0 atom stereocenters. The number of hydrogen-bond donors (Lipinski definition) is 1. The van der Waals surface area contributed by atoms with Gasteiger partial charge in [0, 0.05) is 11.8 Å². The number of carboxylic acid groups (broad SMARTS) is 1. The molecule has 21 heavy (non-hydrogen) atoms. The molecule has 0 radical (unpaired) electrons. The first-order chi connectivity index (χ1) is 9.99. The first-order valence-electron chi connectivity index (χ1n) is 6.36. The molecule has 0 aliphatic carbocycles. The Labute approximate surface area is 129 Å². The molecular formula is C15H13BrFNO3. The molecule has 6 heteroatoms. The lowest BCUT2D eigenvalue weighted by atomic mass is 10.1. The largest absolute Gasteiger partial charge is 0.478 e. The third kappa shape index (κ3) is 4.01. The maximum Gasteiger partial charge on any atom is 0.335 e. The van der Waals surface area contributed by atoms with Crippen molar-refractivity contribution in [2.75, 3.05) is 0 Å². The number of hydrogen-bond acceptors (Lipinski definition) is 3. The van der Waals surface area contributed by atoms with E-state index < -0.39 is 11.8 Å². The summed E-state index contributed by atoms with van der Waals surface area (Å²) >= 11 is 3.07. The molecule has 4 nitrogen and oxygen atoms in total. The van der Waals surface area contributed by atoms with Gasteiger partial charge < -0.3 is 9.84 Å². The third-order valence-electron chi connectivity index (χ3n) is 2.72. The molecule has 1 heterocycles. The molecule has 0 fully saturated rings. The van der Waals surface area contributed by atoms with Gasteiger partial charge in [0.15, 0.2) is 0 Å². The minimum Gasteiger partial charge on any atom is -0.478 e. The third-order valence-corrected chi connectivity index (χ3v) is 3.33. The second kappa shape index (κ2) is 6.67. The number of aromatic carboxylic acids is 1. The lowest BCUT2D eigenvalue weighted by Gasteiger charge is -2.08. The van der Waals surface area contributed by atoms with E-state index in [1.807, 2.05) is 6.92 Å². The summed E-state index contributed by atoms with van der Waals surface area (Å²) in [7, 11) is 0. The average Bonchev–Trinajstić information content (AvgIpc) is 2.43. The Morgan fingerprint density at radius 3 is 2.76 bits per heavy atom. The van der Waals surface area contributed by atoms with Crippen molar-refractivity contribution in [3.63, 3.8) is 0 Å². The van der Waals surface area contributed by atoms with Crippen LogP contribution in [0.4, 0.5) is 4.39 Å². The van der Waals surface area contributed by atoms with Gasteiger partial charge >= 0.3 is 5.97 Å². The van der Waals surface area contributed by atoms with E-state index in [4.69, 9.17) is 9.84 Å². The molecule has 1 aromatic heterocycles. The number of carboxylic acids is 1. The number of benzene rings is 1. The van der Waals surface area contributed by atoms with Crippen molar-refractivity contribution in [1.29, 1.82) is 0 Å². The fourth-order valence-electron chi connectivity index (χ4n) is 1.78. The van der Waals surface area contributed by atoms with Gasteiger partial charge in [-0.2, -0.15) is 0 Å². The maximum absolute atomic E-state index is 13.2. The zero-order valence-corrected chi connectivity index (χ0v) is 12.9. The second-order valence-corrected chi connectivity index (χ2v) is 5.27. The Bertz CT molecular complexity index is 676. The molecule has 0 aliphatic rings. The fourth-order valence-corrected chi connectivity index (χ4v) is 2.14. The molecule has 0 aliphatic heterocycles. The highest BCUT2D eigenvalue weighted by Gasteiger charge is 2.10. The molecule has 110 valence electrons. The van der Waals surface area contributed by atoms with Crippen molar-refractivity contribution >= 4 is 21.9 Å². The van der Waals surface area contributed by atoms with Crippen LogP contribution in [0.15, 0.2) is 34.8 Å². The first-order valence-corrected chi connectivity index (χ1v) is 7.16. The van der Waals surface area contributed by atoms with Gasteiger partial charge in [-0.1, -0.05) is 13.3 Å². The molecule has 1 N–H and O–H groups in total. The highest BCUT2D eigenvalue weighted by molar-refractivity contribution is 9.10. The van der Waals surface area contributed by atoms with E-state index in [2.05, 4.69) is 20.9 Å². The van der Waals surface area contributed by atoms with Crippen molar-refractivity contribution in [2.45, 2.75) is 19.8 Å².